The standard InChI is InChI=1S/C30H26ClN3O4S/c1-38-29(35)13-8-20-33(39(36,37)26-17-14-23(31)15-18-26)25-16-19-28-27(21-25)32-30(22-9-4-2-5-10-22)34(28)24-11-6-3-7-12-24/h2-7,9-12,14-19,21H,8,13,20H2,1H3. The van der Waals surface area contributed by atoms with E-state index in [2.05, 4.69) is 4.57 Å². The zero-order valence-corrected chi connectivity index (χ0v) is 22.8. The van der Waals surface area contributed by atoms with Gasteiger partial charge in [-0.3, -0.25) is 13.7 Å². The minimum atomic E-state index is -3.96. The van der Waals surface area contributed by atoms with E-state index in [1.165, 1.54) is 35.7 Å². The number of nitrogens with zero attached hydrogens (tertiary/aromatic N) is 3. The first-order valence-electron chi connectivity index (χ1n) is 12.4. The zero-order valence-electron chi connectivity index (χ0n) is 21.2. The van der Waals surface area contributed by atoms with Crippen LogP contribution in [0.25, 0.3) is 28.1 Å². The van der Waals surface area contributed by atoms with Gasteiger partial charge in [-0.2, -0.15) is 0 Å². The van der Waals surface area contributed by atoms with Crippen LogP contribution in [0.3, 0.4) is 0 Å². The highest BCUT2D eigenvalue weighted by molar-refractivity contribution is 7.92. The maximum Gasteiger partial charge on any atom is 0.305 e. The van der Waals surface area contributed by atoms with Gasteiger partial charge in [0.15, 0.2) is 0 Å². The lowest BCUT2D eigenvalue weighted by molar-refractivity contribution is -0.140. The van der Waals surface area contributed by atoms with Gasteiger partial charge in [-0.05, 0) is 61.0 Å². The number of carbonyl (C=O) groups is 1. The van der Waals surface area contributed by atoms with Crippen LogP contribution >= 0.6 is 11.6 Å². The van der Waals surface area contributed by atoms with Crippen molar-refractivity contribution in [3.05, 3.63) is 108 Å². The predicted molar refractivity (Wildman–Crippen MR) is 154 cm³/mol. The van der Waals surface area contributed by atoms with Crippen molar-refractivity contribution >= 4 is 44.3 Å². The van der Waals surface area contributed by atoms with Crippen molar-refractivity contribution in [2.75, 3.05) is 18.0 Å². The monoisotopic (exact) mass is 559 g/mol. The molecule has 4 aromatic carbocycles. The summed E-state index contributed by atoms with van der Waals surface area (Å²) >= 11 is 6.01. The van der Waals surface area contributed by atoms with Crippen LogP contribution in [0.15, 0.2) is 108 Å². The number of carbonyl (C=O) groups excluding carboxylic acids is 1. The number of methoxy groups -OCH3 is 1. The number of aromatic nitrogens is 2. The molecule has 7 nitrogen and oxygen atoms in total. The van der Waals surface area contributed by atoms with Gasteiger partial charge in [0.05, 0.1) is 28.7 Å². The Labute approximate surface area is 232 Å². The molecule has 1 aromatic heterocycles. The Morgan fingerprint density at radius 2 is 1.59 bits per heavy atom. The summed E-state index contributed by atoms with van der Waals surface area (Å²) in [5, 5.41) is 0.438. The Hall–Kier alpha value is -4.14. The van der Waals surface area contributed by atoms with E-state index in [1.807, 2.05) is 66.7 Å². The number of fused-ring (bicyclic) bond motifs is 1. The lowest BCUT2D eigenvalue weighted by atomic mass is 10.2. The molecule has 0 unspecified atom stereocenters. The van der Waals surface area contributed by atoms with E-state index >= 15 is 0 Å². The Bertz CT molecular complexity index is 1700. The van der Waals surface area contributed by atoms with Crippen molar-refractivity contribution in [1.82, 2.24) is 9.55 Å². The molecule has 1 heterocycles. The summed E-state index contributed by atoms with van der Waals surface area (Å²) in [7, 11) is -2.65. The van der Waals surface area contributed by atoms with E-state index in [9.17, 15) is 13.2 Å². The van der Waals surface area contributed by atoms with Crippen molar-refractivity contribution in [2.45, 2.75) is 17.7 Å². The maximum absolute atomic E-state index is 13.8. The summed E-state index contributed by atoms with van der Waals surface area (Å²) in [5.74, 6) is 0.343. The first-order chi connectivity index (χ1) is 18.9. The average molecular weight is 560 g/mol. The quantitative estimate of drug-likeness (QED) is 0.193. The van der Waals surface area contributed by atoms with Gasteiger partial charge in [-0.25, -0.2) is 13.4 Å². The summed E-state index contributed by atoms with van der Waals surface area (Å²) in [6.07, 6.45) is 0.372. The summed E-state index contributed by atoms with van der Waals surface area (Å²) in [5.41, 5.74) is 3.79. The van der Waals surface area contributed by atoms with Gasteiger partial charge in [-0.1, -0.05) is 60.1 Å². The van der Waals surface area contributed by atoms with Crippen molar-refractivity contribution in [3.8, 4) is 17.1 Å². The van der Waals surface area contributed by atoms with Gasteiger partial charge >= 0.3 is 5.97 Å². The second-order valence-electron chi connectivity index (χ2n) is 8.86. The van der Waals surface area contributed by atoms with Crippen molar-refractivity contribution in [1.29, 1.82) is 0 Å². The van der Waals surface area contributed by atoms with Gasteiger partial charge in [0.1, 0.15) is 5.82 Å². The molecule has 0 aliphatic rings. The number of ether oxygens (including phenoxy) is 1. The minimum Gasteiger partial charge on any atom is -0.469 e. The van der Waals surface area contributed by atoms with E-state index in [0.29, 0.717) is 16.2 Å². The molecule has 5 aromatic rings. The normalized spacial score (nSPS) is 11.4. The van der Waals surface area contributed by atoms with Crippen LogP contribution in [0.4, 0.5) is 5.69 Å². The molecule has 9 heteroatoms. The van der Waals surface area contributed by atoms with E-state index < -0.39 is 16.0 Å². The molecule has 0 saturated carbocycles. The van der Waals surface area contributed by atoms with Crippen LogP contribution in [0.5, 0.6) is 0 Å². The van der Waals surface area contributed by atoms with Crippen LogP contribution < -0.4 is 4.31 Å². The smallest absolute Gasteiger partial charge is 0.305 e. The average Bonchev–Trinajstić information content (AvgIpc) is 3.35. The molecule has 0 N–H and O–H groups in total. The van der Waals surface area contributed by atoms with Crippen LogP contribution in [0.1, 0.15) is 12.8 Å². The number of sulfonamides is 1. The molecular weight excluding hydrogens is 534 g/mol. The van der Waals surface area contributed by atoms with Crippen molar-refractivity contribution < 1.29 is 17.9 Å². The molecule has 198 valence electrons. The minimum absolute atomic E-state index is 0.0799. The van der Waals surface area contributed by atoms with Gasteiger partial charge in [0.2, 0.25) is 0 Å². The van der Waals surface area contributed by atoms with E-state index in [-0.39, 0.29) is 24.3 Å². The van der Waals surface area contributed by atoms with E-state index in [4.69, 9.17) is 21.3 Å². The summed E-state index contributed by atoms with van der Waals surface area (Å²) in [6, 6.07) is 31.2. The van der Waals surface area contributed by atoms with E-state index in [0.717, 1.165) is 22.6 Å². The molecule has 0 spiro atoms. The summed E-state index contributed by atoms with van der Waals surface area (Å²) in [4.78, 5) is 16.8. The highest BCUT2D eigenvalue weighted by Crippen LogP contribution is 2.33. The number of benzene rings is 4. The number of halogens is 1. The number of anilines is 1. The first kappa shape index (κ1) is 26.5. The predicted octanol–water partition coefficient (Wildman–Crippen LogP) is 6.49. The summed E-state index contributed by atoms with van der Waals surface area (Å²) in [6.45, 7) is 0.0799. The Kier molecular flexibility index (Phi) is 7.67. The second kappa shape index (κ2) is 11.3. The number of rotatable bonds is 9. The molecule has 0 fully saturated rings. The van der Waals surface area contributed by atoms with Gasteiger partial charge < -0.3 is 4.74 Å². The van der Waals surface area contributed by atoms with Crippen LogP contribution in [0, 0.1) is 0 Å². The van der Waals surface area contributed by atoms with Crippen LogP contribution in [-0.2, 0) is 19.6 Å². The fourth-order valence-electron chi connectivity index (χ4n) is 4.43. The number of hydrogen-bond donors (Lipinski definition) is 0. The van der Waals surface area contributed by atoms with Crippen LogP contribution in [0.2, 0.25) is 5.02 Å². The molecule has 0 bridgehead atoms. The van der Waals surface area contributed by atoms with E-state index in [1.54, 1.807) is 12.1 Å². The third-order valence-electron chi connectivity index (χ3n) is 6.34. The van der Waals surface area contributed by atoms with Gasteiger partial charge in [-0.15, -0.1) is 0 Å². The number of imidazole rings is 1. The van der Waals surface area contributed by atoms with Crippen molar-refractivity contribution in [3.63, 3.8) is 0 Å². The Morgan fingerprint density at radius 3 is 2.26 bits per heavy atom. The second-order valence-corrected chi connectivity index (χ2v) is 11.2. The SMILES string of the molecule is COC(=O)CCCN(c1ccc2c(c1)nc(-c1ccccc1)n2-c1ccccc1)S(=O)(=O)c1ccc(Cl)cc1. The van der Waals surface area contributed by atoms with Gasteiger partial charge in [0.25, 0.3) is 10.0 Å². The third-order valence-corrected chi connectivity index (χ3v) is 8.44. The molecule has 39 heavy (non-hydrogen) atoms. The zero-order chi connectivity index (χ0) is 27.4. The first-order valence-corrected chi connectivity index (χ1v) is 14.2. The largest absolute Gasteiger partial charge is 0.469 e. The molecule has 0 atom stereocenters. The summed E-state index contributed by atoms with van der Waals surface area (Å²) < 4.78 is 35.7. The number of para-hydroxylation sites is 1. The molecule has 0 aliphatic heterocycles. The lowest BCUT2D eigenvalue weighted by Gasteiger charge is -2.24. The van der Waals surface area contributed by atoms with Crippen molar-refractivity contribution in [2.24, 2.45) is 0 Å². The fraction of sp³-hybridized carbons (Fsp3) is 0.133. The molecule has 0 radical (unpaired) electrons. The fourth-order valence-corrected chi connectivity index (χ4v) is 6.06. The molecule has 5 rings (SSSR count). The number of esters is 1. The highest BCUT2D eigenvalue weighted by Gasteiger charge is 2.26. The topological polar surface area (TPSA) is 81.5 Å². The third kappa shape index (κ3) is 5.53. The molecule has 0 amide bonds. The molecule has 0 saturated heterocycles. The Morgan fingerprint density at radius 1 is 0.923 bits per heavy atom. The molecule has 0 aliphatic carbocycles. The Balaban J connectivity index is 1.63. The van der Waals surface area contributed by atoms with Crippen LogP contribution in [-0.4, -0.2) is 37.6 Å². The number of hydrogen-bond acceptors (Lipinski definition) is 5. The molecular formula is C30H26ClN3O4S. The highest BCUT2D eigenvalue weighted by atomic mass is 35.5. The van der Waals surface area contributed by atoms with Gasteiger partial charge in [0, 0.05) is 29.2 Å². The maximum atomic E-state index is 13.8. The lowest BCUT2D eigenvalue weighted by Crippen LogP contribution is -2.32.